The minimum absolute atomic E-state index is 0.0908. The lowest BCUT2D eigenvalue weighted by Gasteiger charge is -2.45. The van der Waals surface area contributed by atoms with Crippen molar-refractivity contribution in [2.45, 2.75) is 0 Å². The maximum atomic E-state index is 2.61. The van der Waals surface area contributed by atoms with Crippen LogP contribution < -0.4 is 26.2 Å². The predicted octanol–water partition coefficient (Wildman–Crippen LogP) is 18.6. The van der Waals surface area contributed by atoms with E-state index in [1.54, 1.807) is 0 Å². The van der Waals surface area contributed by atoms with Gasteiger partial charge in [0.1, 0.15) is 0 Å². The predicted molar refractivity (Wildman–Crippen MR) is 351 cm³/mol. The Morgan fingerprint density at radius 2 is 0.675 bits per heavy atom. The number of para-hydroxylation sites is 7. The molecule has 0 N–H and O–H groups in total. The Kier molecular flexibility index (Phi) is 10.7. The summed E-state index contributed by atoms with van der Waals surface area (Å²) in [6.45, 7) is -0.0908. The highest BCUT2D eigenvalue weighted by Gasteiger charge is 2.44. The second kappa shape index (κ2) is 18.9. The van der Waals surface area contributed by atoms with Crippen LogP contribution in [-0.2, 0) is 0 Å². The van der Waals surface area contributed by atoms with Crippen LogP contribution in [0.1, 0.15) is 0 Å². The summed E-state index contributed by atoms with van der Waals surface area (Å²) in [5.74, 6) is 0. The smallest absolute Gasteiger partial charge is 0.252 e. The van der Waals surface area contributed by atoms with Gasteiger partial charge in [-0.2, -0.15) is 0 Å². The molecule has 0 saturated heterocycles. The van der Waals surface area contributed by atoms with Gasteiger partial charge in [0, 0.05) is 78.0 Å². The van der Waals surface area contributed by atoms with Crippen LogP contribution in [0.15, 0.2) is 309 Å². The van der Waals surface area contributed by atoms with Crippen molar-refractivity contribution in [1.82, 2.24) is 9.13 Å². The average Bonchev–Trinajstić information content (AvgIpc) is 1.70. The molecule has 2 aliphatic heterocycles. The molecule has 0 spiro atoms. The summed E-state index contributed by atoms with van der Waals surface area (Å²) in [6.07, 6.45) is 0. The van der Waals surface area contributed by atoms with Crippen molar-refractivity contribution in [2.75, 3.05) is 9.80 Å². The SMILES string of the molecule is c1ccc(-c2cccc(-c3ccccc3)c2N2c3cc(-c4ccc(-c5cccc6c7ccccc7n(-c7ccccc7)c56)cc4)ccc3B3c4ccc(-n5c6ccccc6c6ccccc65)cc4N(c4ccccc4)c4cccc2c43)cc1. The zero-order valence-corrected chi connectivity index (χ0v) is 45.3. The molecule has 0 unspecified atom stereocenters. The highest BCUT2D eigenvalue weighted by Crippen LogP contribution is 2.51. The molecule has 13 aromatic carbocycles. The maximum absolute atomic E-state index is 2.61. The van der Waals surface area contributed by atoms with Crippen LogP contribution in [0.5, 0.6) is 0 Å². The lowest BCUT2D eigenvalue weighted by molar-refractivity contribution is 1.17. The Morgan fingerprint density at radius 3 is 1.30 bits per heavy atom. The summed E-state index contributed by atoms with van der Waals surface area (Å²) in [7, 11) is 0. The van der Waals surface area contributed by atoms with E-state index in [2.05, 4.69) is 328 Å². The molecule has 2 aliphatic rings. The van der Waals surface area contributed by atoms with Crippen molar-refractivity contribution in [3.05, 3.63) is 309 Å². The molecule has 0 atom stereocenters. The van der Waals surface area contributed by atoms with E-state index in [4.69, 9.17) is 0 Å². The summed E-state index contributed by atoms with van der Waals surface area (Å²) >= 11 is 0. The molecule has 0 aliphatic carbocycles. The number of anilines is 6. The Morgan fingerprint density at radius 1 is 0.241 bits per heavy atom. The normalized spacial score (nSPS) is 12.5. The van der Waals surface area contributed by atoms with Gasteiger partial charge in [0.05, 0.1) is 27.8 Å². The zero-order valence-electron chi connectivity index (χ0n) is 45.3. The summed E-state index contributed by atoms with van der Waals surface area (Å²) in [6, 6.07) is 114. The fraction of sp³-hybridized carbons (Fsp3) is 0. The monoisotopic (exact) mass is 1050 g/mol. The average molecular weight is 1060 g/mol. The lowest BCUT2D eigenvalue weighted by Crippen LogP contribution is -2.61. The van der Waals surface area contributed by atoms with Gasteiger partial charge in [-0.25, -0.2) is 0 Å². The molecule has 0 fully saturated rings. The van der Waals surface area contributed by atoms with Crippen molar-refractivity contribution >= 4 is 101 Å². The summed E-state index contributed by atoms with van der Waals surface area (Å²) in [5.41, 5.74) is 27.1. The van der Waals surface area contributed by atoms with Crippen molar-refractivity contribution < 1.29 is 0 Å². The maximum Gasteiger partial charge on any atom is 0.252 e. The Labute approximate surface area is 482 Å². The van der Waals surface area contributed by atoms with Crippen LogP contribution in [0, 0.1) is 0 Å². The first-order valence-electron chi connectivity index (χ1n) is 28.7. The van der Waals surface area contributed by atoms with Gasteiger partial charge in [-0.05, 0) is 117 Å². The van der Waals surface area contributed by atoms with E-state index in [1.807, 2.05) is 0 Å². The number of nitrogens with zero attached hydrogens (tertiary/aromatic N) is 4. The number of benzene rings is 13. The van der Waals surface area contributed by atoms with Gasteiger partial charge >= 0.3 is 0 Å². The van der Waals surface area contributed by atoms with Crippen LogP contribution in [0.4, 0.5) is 34.1 Å². The molecular weight excluding hydrogens is 1000 g/mol. The second-order valence-electron chi connectivity index (χ2n) is 21.9. The van der Waals surface area contributed by atoms with Gasteiger partial charge in [0.25, 0.3) is 6.71 Å². The van der Waals surface area contributed by atoms with E-state index in [1.165, 1.54) is 82.5 Å². The highest BCUT2D eigenvalue weighted by atomic mass is 15.2. The number of hydrogen-bond acceptors (Lipinski definition) is 2. The molecule has 15 aromatic rings. The van der Waals surface area contributed by atoms with Crippen molar-refractivity contribution in [3.8, 4) is 55.9 Å². The molecule has 0 bridgehead atoms. The molecule has 4 heterocycles. The summed E-state index contributed by atoms with van der Waals surface area (Å²) < 4.78 is 4.88. The third-order valence-electron chi connectivity index (χ3n) is 17.5. The molecule has 2 aromatic heterocycles. The first-order chi connectivity index (χ1) is 41.2. The lowest BCUT2D eigenvalue weighted by atomic mass is 9.33. The number of hydrogen-bond donors (Lipinski definition) is 0. The van der Waals surface area contributed by atoms with Gasteiger partial charge in [-0.1, -0.05) is 237 Å². The van der Waals surface area contributed by atoms with Gasteiger partial charge in [-0.3, -0.25) is 0 Å². The standard InChI is InChI=1S/C78H51BN4/c1-5-22-53(23-6-1)60-33-19-34-61(54-24-7-2-8-25-54)77(60)83-73-41-21-40-72-76(73)79(68-49-47-59(51-75(68)80(72)57-26-9-3-10-27-57)81-69-37-16-13-30-63(69)64-31-14-17-38-70(64)81)67-48-46-56(50-74(67)83)52-42-44-55(45-43-52)62-35-20-36-66-65-32-15-18-39-71(65)82(78(62)66)58-28-11-4-12-29-58/h1-51H. The summed E-state index contributed by atoms with van der Waals surface area (Å²) in [4.78, 5) is 5.12. The van der Waals surface area contributed by atoms with Crippen LogP contribution in [-0.4, -0.2) is 15.8 Å². The molecule has 4 nitrogen and oxygen atoms in total. The van der Waals surface area contributed by atoms with Crippen LogP contribution in [0.2, 0.25) is 0 Å². The van der Waals surface area contributed by atoms with E-state index in [-0.39, 0.29) is 6.71 Å². The minimum atomic E-state index is -0.0908. The van der Waals surface area contributed by atoms with Crippen molar-refractivity contribution in [3.63, 3.8) is 0 Å². The number of fused-ring (bicyclic) bond motifs is 10. The fourth-order valence-corrected chi connectivity index (χ4v) is 14.0. The first-order valence-corrected chi connectivity index (χ1v) is 28.7. The van der Waals surface area contributed by atoms with E-state index >= 15 is 0 Å². The quantitative estimate of drug-likeness (QED) is 0.141. The molecule has 17 rings (SSSR count). The molecule has 0 amide bonds. The Bertz CT molecular complexity index is 4920. The van der Waals surface area contributed by atoms with E-state index in [0.29, 0.717) is 0 Å². The third-order valence-corrected chi connectivity index (χ3v) is 17.5. The molecule has 386 valence electrons. The minimum Gasteiger partial charge on any atom is -0.311 e. The summed E-state index contributed by atoms with van der Waals surface area (Å²) in [5, 5.41) is 4.99. The van der Waals surface area contributed by atoms with E-state index in [9.17, 15) is 0 Å². The van der Waals surface area contributed by atoms with Crippen LogP contribution in [0.25, 0.3) is 99.5 Å². The van der Waals surface area contributed by atoms with E-state index in [0.717, 1.165) is 67.5 Å². The van der Waals surface area contributed by atoms with Gasteiger partial charge in [-0.15, -0.1) is 0 Å². The number of aromatic nitrogens is 2. The largest absolute Gasteiger partial charge is 0.311 e. The first kappa shape index (κ1) is 47.0. The van der Waals surface area contributed by atoms with Crippen LogP contribution >= 0.6 is 0 Å². The fourth-order valence-electron chi connectivity index (χ4n) is 14.0. The molecule has 0 saturated carbocycles. The third kappa shape index (κ3) is 7.28. The highest BCUT2D eigenvalue weighted by molar-refractivity contribution is 7.00. The van der Waals surface area contributed by atoms with Gasteiger partial charge < -0.3 is 18.9 Å². The van der Waals surface area contributed by atoms with Gasteiger partial charge in [0.15, 0.2) is 0 Å². The molecular formula is C78H51BN4. The van der Waals surface area contributed by atoms with Gasteiger partial charge in [0.2, 0.25) is 0 Å². The second-order valence-corrected chi connectivity index (χ2v) is 21.9. The topological polar surface area (TPSA) is 16.3 Å². The molecule has 5 heteroatoms. The van der Waals surface area contributed by atoms with Crippen molar-refractivity contribution in [1.29, 1.82) is 0 Å². The number of rotatable bonds is 8. The molecule has 0 radical (unpaired) electrons. The van der Waals surface area contributed by atoms with Crippen molar-refractivity contribution in [2.24, 2.45) is 0 Å². The zero-order chi connectivity index (χ0) is 54.5. The Hall–Kier alpha value is -10.9. The van der Waals surface area contributed by atoms with Crippen LogP contribution in [0.3, 0.4) is 0 Å². The van der Waals surface area contributed by atoms with E-state index < -0.39 is 0 Å². The molecule has 83 heavy (non-hydrogen) atoms. The Balaban J connectivity index is 0.900.